The van der Waals surface area contributed by atoms with E-state index in [4.69, 9.17) is 15.6 Å². The molecule has 0 aliphatic carbocycles. The third-order valence-electron chi connectivity index (χ3n) is 0.996. The molecule has 0 unspecified atom stereocenters. The van der Waals surface area contributed by atoms with Crippen molar-refractivity contribution in [1.82, 2.24) is 0 Å². The molecule has 0 amide bonds. The first-order valence-corrected chi connectivity index (χ1v) is 3.68. The Kier molecular flexibility index (Phi) is 4.15. The van der Waals surface area contributed by atoms with Crippen molar-refractivity contribution in [2.45, 2.75) is 26.3 Å². The fourth-order valence-electron chi connectivity index (χ4n) is 0.772. The van der Waals surface area contributed by atoms with Crippen LogP contribution in [0.15, 0.2) is 11.8 Å². The summed E-state index contributed by atoms with van der Waals surface area (Å²) in [5.74, 6) is 0.756. The van der Waals surface area contributed by atoms with Gasteiger partial charge in [0.2, 0.25) is 0 Å². The van der Waals surface area contributed by atoms with Crippen LogP contribution in [0.2, 0.25) is 0 Å². The van der Waals surface area contributed by atoms with Crippen LogP contribution in [0.25, 0.3) is 0 Å². The monoisotopic (exact) mass is 159 g/mol. The summed E-state index contributed by atoms with van der Waals surface area (Å²) in [6.07, 6.45) is 1.82. The molecule has 0 aromatic carbocycles. The lowest BCUT2D eigenvalue weighted by Crippen LogP contribution is -2.29. The molecule has 3 N–H and O–H groups in total. The van der Waals surface area contributed by atoms with Gasteiger partial charge in [-0.3, -0.25) is 0 Å². The average molecular weight is 159 g/mol. The van der Waals surface area contributed by atoms with E-state index in [1.807, 2.05) is 26.8 Å². The Balaban J connectivity index is 3.81. The summed E-state index contributed by atoms with van der Waals surface area (Å²) in [6, 6.07) is 0. The lowest BCUT2D eigenvalue weighted by molar-refractivity contribution is 0.144. The van der Waals surface area contributed by atoms with E-state index in [0.717, 1.165) is 5.76 Å². The second-order valence-electron chi connectivity index (χ2n) is 3.15. The molecule has 0 bridgehead atoms. The molecule has 0 radical (unpaired) electrons. The van der Waals surface area contributed by atoms with E-state index < -0.39 is 0 Å². The molecule has 0 saturated carbocycles. The van der Waals surface area contributed by atoms with E-state index in [9.17, 15) is 0 Å². The third kappa shape index (κ3) is 7.36. The zero-order chi connectivity index (χ0) is 8.91. The van der Waals surface area contributed by atoms with Gasteiger partial charge >= 0.3 is 0 Å². The second-order valence-corrected chi connectivity index (χ2v) is 3.15. The number of nitrogens with two attached hydrogens (primary N) is 1. The molecule has 3 heteroatoms. The maximum atomic E-state index is 8.43. The molecule has 0 spiro atoms. The summed E-state index contributed by atoms with van der Waals surface area (Å²) in [4.78, 5) is 0. The normalized spacial score (nSPS) is 13.4. The highest BCUT2D eigenvalue weighted by Crippen LogP contribution is 2.04. The quantitative estimate of drug-likeness (QED) is 0.592. The molecule has 0 aliphatic rings. The first-order valence-electron chi connectivity index (χ1n) is 3.68. The van der Waals surface area contributed by atoms with Crippen molar-refractivity contribution in [2.24, 2.45) is 5.73 Å². The van der Waals surface area contributed by atoms with Crippen molar-refractivity contribution in [3.63, 3.8) is 0 Å². The van der Waals surface area contributed by atoms with Crippen molar-refractivity contribution < 1.29 is 9.84 Å². The average Bonchev–Trinajstić information content (AvgIpc) is 1.79. The highest BCUT2D eigenvalue weighted by atomic mass is 16.5. The highest BCUT2D eigenvalue weighted by molar-refractivity contribution is 5.02. The minimum atomic E-state index is -0.348. The van der Waals surface area contributed by atoms with Crippen LogP contribution >= 0.6 is 0 Å². The highest BCUT2D eigenvalue weighted by Gasteiger charge is 2.06. The Morgan fingerprint density at radius 2 is 2.18 bits per heavy atom. The molecular formula is C8H17NO2. The van der Waals surface area contributed by atoms with Gasteiger partial charge < -0.3 is 15.6 Å². The van der Waals surface area contributed by atoms with Gasteiger partial charge in [0.05, 0.1) is 12.4 Å². The summed E-state index contributed by atoms with van der Waals surface area (Å²) in [7, 11) is 0. The van der Waals surface area contributed by atoms with Crippen molar-refractivity contribution in [3.8, 4) is 0 Å². The summed E-state index contributed by atoms with van der Waals surface area (Å²) in [5, 5.41) is 8.43. The Labute approximate surface area is 67.9 Å². The Bertz CT molecular complexity index is 136. The van der Waals surface area contributed by atoms with E-state index in [0.29, 0.717) is 6.61 Å². The number of ether oxygens (including phenoxy) is 1. The number of hydrogen-bond acceptors (Lipinski definition) is 3. The third-order valence-corrected chi connectivity index (χ3v) is 0.996. The van der Waals surface area contributed by atoms with Gasteiger partial charge in [-0.2, -0.15) is 0 Å². The number of rotatable bonds is 4. The van der Waals surface area contributed by atoms with Crippen LogP contribution in [0.4, 0.5) is 0 Å². The predicted octanol–water partition coefficient (Wildman–Crippen LogP) is 0.636. The van der Waals surface area contributed by atoms with Gasteiger partial charge in [-0.05, 0) is 26.8 Å². The topological polar surface area (TPSA) is 55.5 Å². The van der Waals surface area contributed by atoms with Crippen molar-refractivity contribution in [3.05, 3.63) is 11.8 Å². The van der Waals surface area contributed by atoms with Gasteiger partial charge in [-0.15, -0.1) is 0 Å². The van der Waals surface area contributed by atoms with Crippen molar-refractivity contribution in [1.29, 1.82) is 0 Å². The minimum absolute atomic E-state index is 0.0379. The molecule has 0 aromatic rings. The Morgan fingerprint density at radius 1 is 1.64 bits per heavy atom. The summed E-state index contributed by atoms with van der Waals surface area (Å²) < 4.78 is 5.10. The maximum Gasteiger partial charge on any atom is 0.111 e. The summed E-state index contributed by atoms with van der Waals surface area (Å²) in [5.41, 5.74) is 5.34. The zero-order valence-corrected chi connectivity index (χ0v) is 7.42. The van der Waals surface area contributed by atoms with Crippen LogP contribution in [-0.4, -0.2) is 23.9 Å². The predicted molar refractivity (Wildman–Crippen MR) is 45.1 cm³/mol. The molecule has 0 aromatic heterocycles. The lowest BCUT2D eigenvalue weighted by atomic mass is 10.1. The largest absolute Gasteiger partial charge is 0.496 e. The lowest BCUT2D eigenvalue weighted by Gasteiger charge is -2.14. The van der Waals surface area contributed by atoms with Crippen LogP contribution < -0.4 is 5.73 Å². The second kappa shape index (κ2) is 4.36. The van der Waals surface area contributed by atoms with E-state index in [-0.39, 0.29) is 12.1 Å². The fraction of sp³-hybridized carbons (Fsp3) is 0.750. The molecule has 0 aliphatic heterocycles. The van der Waals surface area contributed by atoms with Gasteiger partial charge in [0.25, 0.3) is 0 Å². The number of allylic oxidation sites excluding steroid dienone is 1. The van der Waals surface area contributed by atoms with Crippen LogP contribution in [-0.2, 0) is 4.74 Å². The Hall–Kier alpha value is -0.540. The molecule has 0 rings (SSSR count). The summed E-state index contributed by atoms with van der Waals surface area (Å²) in [6.45, 7) is 5.97. The minimum Gasteiger partial charge on any atom is -0.496 e. The van der Waals surface area contributed by atoms with Crippen LogP contribution in [0, 0.1) is 0 Å². The fourth-order valence-corrected chi connectivity index (χ4v) is 0.772. The standard InChI is InChI=1S/C8H17NO2/c1-7(11-5-4-10)6-8(2,3)9/h6,10H,4-5,9H2,1-3H3. The Morgan fingerprint density at radius 3 is 2.55 bits per heavy atom. The van der Waals surface area contributed by atoms with Gasteiger partial charge in [-0.25, -0.2) is 0 Å². The first-order chi connectivity index (χ1) is 4.95. The van der Waals surface area contributed by atoms with Gasteiger partial charge in [0.1, 0.15) is 6.61 Å². The number of aliphatic hydroxyl groups excluding tert-OH is 1. The molecule has 3 nitrogen and oxygen atoms in total. The van der Waals surface area contributed by atoms with E-state index in [2.05, 4.69) is 0 Å². The van der Waals surface area contributed by atoms with Gasteiger partial charge in [-0.1, -0.05) is 0 Å². The van der Waals surface area contributed by atoms with E-state index in [1.54, 1.807) is 0 Å². The van der Waals surface area contributed by atoms with Gasteiger partial charge in [0.15, 0.2) is 0 Å². The zero-order valence-electron chi connectivity index (χ0n) is 7.42. The number of aliphatic hydroxyl groups is 1. The first kappa shape index (κ1) is 10.5. The van der Waals surface area contributed by atoms with E-state index >= 15 is 0 Å². The molecule has 0 fully saturated rings. The van der Waals surface area contributed by atoms with Crippen molar-refractivity contribution >= 4 is 0 Å². The van der Waals surface area contributed by atoms with Crippen LogP contribution in [0.3, 0.4) is 0 Å². The molecular weight excluding hydrogens is 142 g/mol. The van der Waals surface area contributed by atoms with Crippen LogP contribution in [0.1, 0.15) is 20.8 Å². The van der Waals surface area contributed by atoms with Gasteiger partial charge in [0, 0.05) is 5.54 Å². The molecule has 11 heavy (non-hydrogen) atoms. The summed E-state index contributed by atoms with van der Waals surface area (Å²) >= 11 is 0. The maximum absolute atomic E-state index is 8.43. The smallest absolute Gasteiger partial charge is 0.111 e. The number of hydrogen-bond donors (Lipinski definition) is 2. The van der Waals surface area contributed by atoms with Crippen molar-refractivity contribution in [2.75, 3.05) is 13.2 Å². The SMILES string of the molecule is CC(=CC(C)(C)N)OCCO. The molecule has 0 saturated heterocycles. The molecule has 0 atom stereocenters. The molecule has 66 valence electrons. The van der Waals surface area contributed by atoms with E-state index in [1.165, 1.54) is 0 Å². The molecule has 0 heterocycles. The van der Waals surface area contributed by atoms with Crippen LogP contribution in [0.5, 0.6) is 0 Å².